The summed E-state index contributed by atoms with van der Waals surface area (Å²) >= 11 is 6.99. The lowest BCUT2D eigenvalue weighted by Gasteiger charge is -2.12. The monoisotopic (exact) mass is 522 g/mol. The van der Waals surface area contributed by atoms with Crippen molar-refractivity contribution >= 4 is 65.8 Å². The van der Waals surface area contributed by atoms with Crippen LogP contribution >= 0.6 is 31.9 Å². The molecule has 30 heavy (non-hydrogen) atoms. The summed E-state index contributed by atoms with van der Waals surface area (Å²) in [4.78, 5) is 25.2. The lowest BCUT2D eigenvalue weighted by Crippen LogP contribution is -2.14. The van der Waals surface area contributed by atoms with Gasteiger partial charge in [0.15, 0.2) is 0 Å². The quantitative estimate of drug-likeness (QED) is 0.306. The van der Waals surface area contributed by atoms with Gasteiger partial charge in [-0.05, 0) is 63.8 Å². The number of nitrogens with one attached hydrogen (secondary N) is 2. The molecule has 2 amide bonds. The maximum atomic E-state index is 12.8. The molecule has 0 aromatic heterocycles. The van der Waals surface area contributed by atoms with Crippen molar-refractivity contribution in [3.05, 3.63) is 105 Å². The Kier molecular flexibility index (Phi) is 5.97. The van der Waals surface area contributed by atoms with Crippen LogP contribution in [-0.4, -0.2) is 11.8 Å². The van der Waals surface area contributed by atoms with Gasteiger partial charge in [0.25, 0.3) is 11.8 Å². The molecule has 4 aromatic rings. The molecule has 0 radical (unpaired) electrons. The number of hydrogen-bond donors (Lipinski definition) is 2. The molecular weight excluding hydrogens is 508 g/mol. The van der Waals surface area contributed by atoms with Gasteiger partial charge in [-0.15, -0.1) is 0 Å². The molecule has 0 unspecified atom stereocenters. The van der Waals surface area contributed by atoms with Crippen LogP contribution in [0.1, 0.15) is 20.7 Å². The molecule has 0 aliphatic rings. The SMILES string of the molecule is O=C(Nc1ccc(C(=O)Nc2cccc3c(Br)cccc23)cc1Br)c1ccccc1. The summed E-state index contributed by atoms with van der Waals surface area (Å²) in [5.74, 6) is -0.445. The van der Waals surface area contributed by atoms with Crippen molar-refractivity contribution < 1.29 is 9.59 Å². The van der Waals surface area contributed by atoms with Crippen LogP contribution in [-0.2, 0) is 0 Å². The highest BCUT2D eigenvalue weighted by Crippen LogP contribution is 2.30. The molecule has 0 saturated carbocycles. The molecule has 6 heteroatoms. The first-order chi connectivity index (χ1) is 14.5. The molecule has 0 bridgehead atoms. The topological polar surface area (TPSA) is 58.2 Å². The normalized spacial score (nSPS) is 10.6. The Labute approximate surface area is 190 Å². The van der Waals surface area contributed by atoms with Crippen molar-refractivity contribution in [3.8, 4) is 0 Å². The second kappa shape index (κ2) is 8.81. The van der Waals surface area contributed by atoms with Gasteiger partial charge in [0, 0.05) is 31.1 Å². The molecule has 0 spiro atoms. The highest BCUT2D eigenvalue weighted by molar-refractivity contribution is 9.11. The van der Waals surface area contributed by atoms with Crippen molar-refractivity contribution in [1.82, 2.24) is 0 Å². The Hall–Kier alpha value is -2.96. The van der Waals surface area contributed by atoms with E-state index in [1.807, 2.05) is 54.6 Å². The van der Waals surface area contributed by atoms with E-state index in [9.17, 15) is 9.59 Å². The third-order valence-corrected chi connectivity index (χ3v) is 5.98. The molecule has 4 aromatic carbocycles. The van der Waals surface area contributed by atoms with Crippen LogP contribution in [0, 0.1) is 0 Å². The number of benzene rings is 4. The molecule has 4 nitrogen and oxygen atoms in total. The first-order valence-corrected chi connectivity index (χ1v) is 10.8. The maximum Gasteiger partial charge on any atom is 0.255 e. The fraction of sp³-hybridized carbons (Fsp3) is 0. The maximum absolute atomic E-state index is 12.8. The Balaban J connectivity index is 1.54. The minimum absolute atomic E-state index is 0.213. The van der Waals surface area contributed by atoms with Crippen molar-refractivity contribution in [3.63, 3.8) is 0 Å². The van der Waals surface area contributed by atoms with Gasteiger partial charge in [-0.1, -0.05) is 58.4 Å². The van der Waals surface area contributed by atoms with Crippen LogP contribution in [0.3, 0.4) is 0 Å². The van der Waals surface area contributed by atoms with Gasteiger partial charge in [0.2, 0.25) is 0 Å². The van der Waals surface area contributed by atoms with Gasteiger partial charge >= 0.3 is 0 Å². The summed E-state index contributed by atoms with van der Waals surface area (Å²) < 4.78 is 1.59. The average molecular weight is 524 g/mol. The Morgan fingerprint density at radius 2 is 1.23 bits per heavy atom. The second-order valence-corrected chi connectivity index (χ2v) is 8.32. The minimum Gasteiger partial charge on any atom is -0.321 e. The number of fused-ring (bicyclic) bond motifs is 1. The predicted octanol–water partition coefficient (Wildman–Crippen LogP) is 6.87. The van der Waals surface area contributed by atoms with Crippen LogP contribution < -0.4 is 10.6 Å². The van der Waals surface area contributed by atoms with E-state index >= 15 is 0 Å². The van der Waals surface area contributed by atoms with E-state index in [4.69, 9.17) is 0 Å². The first-order valence-electron chi connectivity index (χ1n) is 9.17. The summed E-state index contributed by atoms with van der Waals surface area (Å²) in [6.45, 7) is 0. The molecule has 148 valence electrons. The van der Waals surface area contributed by atoms with Gasteiger partial charge in [-0.25, -0.2) is 0 Å². The molecule has 0 saturated heterocycles. The third kappa shape index (κ3) is 4.30. The summed E-state index contributed by atoms with van der Waals surface area (Å²) in [7, 11) is 0. The van der Waals surface area contributed by atoms with E-state index in [2.05, 4.69) is 42.5 Å². The molecule has 4 rings (SSSR count). The fourth-order valence-corrected chi connectivity index (χ4v) is 4.09. The summed E-state index contributed by atoms with van der Waals surface area (Å²) in [6, 6.07) is 25.7. The summed E-state index contributed by atoms with van der Waals surface area (Å²) in [5.41, 5.74) is 2.37. The lowest BCUT2D eigenvalue weighted by molar-refractivity contribution is 0.102. The van der Waals surface area contributed by atoms with Crippen molar-refractivity contribution in [1.29, 1.82) is 0 Å². The van der Waals surface area contributed by atoms with Gasteiger partial charge < -0.3 is 10.6 Å². The number of hydrogen-bond acceptors (Lipinski definition) is 2. The molecule has 0 aliphatic heterocycles. The van der Waals surface area contributed by atoms with E-state index in [1.165, 1.54) is 0 Å². The third-order valence-electron chi connectivity index (χ3n) is 4.63. The lowest BCUT2D eigenvalue weighted by atomic mass is 10.1. The smallest absolute Gasteiger partial charge is 0.255 e. The number of halogens is 2. The van der Waals surface area contributed by atoms with Crippen LogP contribution in [0.2, 0.25) is 0 Å². The standard InChI is InChI=1S/C24H16Br2N2O2/c25-19-10-4-9-18-17(19)8-5-11-21(18)27-24(30)16-12-13-22(20(26)14-16)28-23(29)15-6-2-1-3-7-15/h1-14H,(H,27,30)(H,28,29). The van der Waals surface area contributed by atoms with Crippen LogP contribution in [0.5, 0.6) is 0 Å². The fourth-order valence-electron chi connectivity index (χ4n) is 3.12. The zero-order chi connectivity index (χ0) is 21.1. The number of amides is 2. The van der Waals surface area contributed by atoms with E-state index in [0.717, 1.165) is 20.9 Å². The Bertz CT molecular complexity index is 1260. The molecule has 0 aliphatic carbocycles. The Morgan fingerprint density at radius 1 is 0.567 bits per heavy atom. The molecular formula is C24H16Br2N2O2. The van der Waals surface area contributed by atoms with Gasteiger partial charge in [0.1, 0.15) is 0 Å². The van der Waals surface area contributed by atoms with E-state index < -0.39 is 0 Å². The molecule has 0 fully saturated rings. The van der Waals surface area contributed by atoms with Crippen LogP contribution in [0.25, 0.3) is 10.8 Å². The first kappa shape index (κ1) is 20.3. The Morgan fingerprint density at radius 3 is 2.00 bits per heavy atom. The van der Waals surface area contributed by atoms with E-state index in [0.29, 0.717) is 21.3 Å². The molecule has 0 atom stereocenters. The number of carbonyl (C=O) groups is 2. The molecule has 0 heterocycles. The summed E-state index contributed by atoms with van der Waals surface area (Å²) in [6.07, 6.45) is 0. The average Bonchev–Trinajstić information content (AvgIpc) is 2.76. The molecule has 2 N–H and O–H groups in total. The zero-order valence-corrected chi connectivity index (χ0v) is 18.8. The minimum atomic E-state index is -0.232. The van der Waals surface area contributed by atoms with Gasteiger partial charge in [0.05, 0.1) is 5.69 Å². The number of anilines is 2. The van der Waals surface area contributed by atoms with E-state index in [-0.39, 0.29) is 11.8 Å². The van der Waals surface area contributed by atoms with E-state index in [1.54, 1.807) is 30.3 Å². The van der Waals surface area contributed by atoms with Crippen LogP contribution in [0.4, 0.5) is 11.4 Å². The van der Waals surface area contributed by atoms with Crippen molar-refractivity contribution in [2.75, 3.05) is 10.6 Å². The van der Waals surface area contributed by atoms with Gasteiger partial charge in [-0.3, -0.25) is 9.59 Å². The largest absolute Gasteiger partial charge is 0.321 e. The number of carbonyl (C=O) groups excluding carboxylic acids is 2. The zero-order valence-electron chi connectivity index (χ0n) is 15.7. The second-order valence-electron chi connectivity index (χ2n) is 6.61. The van der Waals surface area contributed by atoms with Gasteiger partial charge in [-0.2, -0.15) is 0 Å². The highest BCUT2D eigenvalue weighted by atomic mass is 79.9. The summed E-state index contributed by atoms with van der Waals surface area (Å²) in [5, 5.41) is 7.80. The van der Waals surface area contributed by atoms with Crippen LogP contribution in [0.15, 0.2) is 93.9 Å². The van der Waals surface area contributed by atoms with Crippen molar-refractivity contribution in [2.45, 2.75) is 0 Å². The highest BCUT2D eigenvalue weighted by Gasteiger charge is 2.13. The van der Waals surface area contributed by atoms with Crippen molar-refractivity contribution in [2.24, 2.45) is 0 Å². The predicted molar refractivity (Wildman–Crippen MR) is 128 cm³/mol. The number of rotatable bonds is 4.